The van der Waals surface area contributed by atoms with Gasteiger partial charge in [-0.3, -0.25) is 0 Å². The zero-order valence-corrected chi connectivity index (χ0v) is 13.8. The van der Waals surface area contributed by atoms with E-state index in [1.54, 1.807) is 12.1 Å². The number of halogens is 1. The third kappa shape index (κ3) is 3.52. The molecule has 0 unspecified atom stereocenters. The molecule has 0 aliphatic heterocycles. The summed E-state index contributed by atoms with van der Waals surface area (Å²) in [6, 6.07) is 4.93. The van der Waals surface area contributed by atoms with Crippen LogP contribution >= 0.6 is 15.9 Å². The molecule has 3 N–H and O–H groups in total. The van der Waals surface area contributed by atoms with Gasteiger partial charge in [0.15, 0.2) is 0 Å². The quantitative estimate of drug-likeness (QED) is 0.810. The smallest absolute Gasteiger partial charge is 0.244 e. The highest BCUT2D eigenvalue weighted by atomic mass is 79.9. The fourth-order valence-corrected chi connectivity index (χ4v) is 3.91. The van der Waals surface area contributed by atoms with Crippen molar-refractivity contribution >= 4 is 26.0 Å². The predicted octanol–water partition coefficient (Wildman–Crippen LogP) is 2.01. The van der Waals surface area contributed by atoms with Crippen molar-refractivity contribution in [3.05, 3.63) is 22.7 Å². The van der Waals surface area contributed by atoms with E-state index in [1.165, 1.54) is 6.07 Å². The Morgan fingerprint density at radius 3 is 2.70 bits per heavy atom. The minimum absolute atomic E-state index is 0.136. The molecule has 7 heteroatoms. The first-order chi connectivity index (χ1) is 9.36. The lowest BCUT2D eigenvalue weighted by Crippen LogP contribution is -2.54. The highest BCUT2D eigenvalue weighted by Gasteiger charge is 2.34. The Morgan fingerprint density at radius 2 is 2.15 bits per heavy atom. The molecule has 0 amide bonds. The van der Waals surface area contributed by atoms with Crippen molar-refractivity contribution in [1.82, 2.24) is 4.72 Å². The van der Waals surface area contributed by atoms with Crippen LogP contribution in [-0.2, 0) is 10.0 Å². The first kappa shape index (κ1) is 15.8. The van der Waals surface area contributed by atoms with E-state index in [9.17, 15) is 8.42 Å². The number of ether oxygens (including phenoxy) is 1. The number of nitrogens with two attached hydrogens (primary N) is 1. The van der Waals surface area contributed by atoms with Gasteiger partial charge in [0.2, 0.25) is 10.0 Å². The Balaban J connectivity index is 2.21. The summed E-state index contributed by atoms with van der Waals surface area (Å²) < 4.78 is 33.5. The van der Waals surface area contributed by atoms with E-state index >= 15 is 0 Å². The van der Waals surface area contributed by atoms with Crippen molar-refractivity contribution in [3.8, 4) is 5.75 Å². The topological polar surface area (TPSA) is 81.4 Å². The molecular weight excluding hydrogens is 344 g/mol. The molecule has 1 fully saturated rings. The van der Waals surface area contributed by atoms with Crippen LogP contribution in [0.3, 0.4) is 0 Å². The summed E-state index contributed by atoms with van der Waals surface area (Å²) in [4.78, 5) is 0.136. The third-order valence-corrected chi connectivity index (χ3v) is 5.37. The number of benzene rings is 1. The fourth-order valence-electron chi connectivity index (χ4n) is 2.09. The average molecular weight is 363 g/mol. The summed E-state index contributed by atoms with van der Waals surface area (Å²) in [6.45, 7) is 2.48. The molecule has 0 spiro atoms. The van der Waals surface area contributed by atoms with Gasteiger partial charge in [-0.2, -0.15) is 0 Å². The zero-order valence-electron chi connectivity index (χ0n) is 11.4. The van der Waals surface area contributed by atoms with Crippen LogP contribution in [0.15, 0.2) is 27.6 Å². The fraction of sp³-hybridized carbons (Fsp3) is 0.538. The van der Waals surface area contributed by atoms with E-state index in [4.69, 9.17) is 10.5 Å². The highest BCUT2D eigenvalue weighted by molar-refractivity contribution is 9.10. The molecule has 112 valence electrons. The third-order valence-electron chi connectivity index (χ3n) is 3.46. The molecule has 0 heterocycles. The number of hydrogen-bond acceptors (Lipinski definition) is 4. The van der Waals surface area contributed by atoms with Gasteiger partial charge in [0.25, 0.3) is 0 Å². The highest BCUT2D eigenvalue weighted by Crippen LogP contribution is 2.30. The van der Waals surface area contributed by atoms with Gasteiger partial charge in [-0.05, 0) is 44.4 Å². The molecule has 0 aromatic heterocycles. The summed E-state index contributed by atoms with van der Waals surface area (Å²) in [7, 11) is -3.63. The lowest BCUT2D eigenvalue weighted by atomic mass is 9.78. The van der Waals surface area contributed by atoms with Crippen LogP contribution in [0, 0.1) is 0 Å². The number of nitrogens with one attached hydrogen (secondary N) is 1. The lowest BCUT2D eigenvalue weighted by molar-refractivity contribution is 0.251. The van der Waals surface area contributed by atoms with Gasteiger partial charge in [0, 0.05) is 16.6 Å². The zero-order chi connectivity index (χ0) is 14.8. The Hall–Kier alpha value is -0.630. The van der Waals surface area contributed by atoms with Crippen molar-refractivity contribution in [3.63, 3.8) is 0 Å². The van der Waals surface area contributed by atoms with Crippen LogP contribution in [-0.4, -0.2) is 27.1 Å². The van der Waals surface area contributed by atoms with Crippen molar-refractivity contribution in [2.75, 3.05) is 13.2 Å². The van der Waals surface area contributed by atoms with Crippen molar-refractivity contribution in [1.29, 1.82) is 0 Å². The minimum Gasteiger partial charge on any atom is -0.492 e. The van der Waals surface area contributed by atoms with Gasteiger partial charge in [-0.1, -0.05) is 15.9 Å². The lowest BCUT2D eigenvalue weighted by Gasteiger charge is -2.38. The molecule has 1 aliphatic carbocycles. The second-order valence-electron chi connectivity index (χ2n) is 5.06. The van der Waals surface area contributed by atoms with Gasteiger partial charge in [-0.15, -0.1) is 0 Å². The molecule has 1 aromatic carbocycles. The number of rotatable bonds is 6. The molecule has 2 rings (SSSR count). The van der Waals surface area contributed by atoms with Gasteiger partial charge >= 0.3 is 0 Å². The van der Waals surface area contributed by atoms with E-state index in [-0.39, 0.29) is 11.4 Å². The molecule has 20 heavy (non-hydrogen) atoms. The molecule has 0 bridgehead atoms. The normalized spacial score (nSPS) is 17.6. The van der Waals surface area contributed by atoms with E-state index in [0.29, 0.717) is 16.8 Å². The molecule has 1 aliphatic rings. The van der Waals surface area contributed by atoms with E-state index < -0.39 is 15.6 Å². The van der Waals surface area contributed by atoms with Crippen molar-refractivity contribution in [2.24, 2.45) is 5.73 Å². The van der Waals surface area contributed by atoms with Gasteiger partial charge in [-0.25, -0.2) is 13.1 Å². The van der Waals surface area contributed by atoms with E-state index in [0.717, 1.165) is 19.3 Å². The second kappa shape index (κ2) is 6.01. The SMILES string of the molecule is CCOc1ccc(Br)cc1S(=O)(=O)NCC1(N)CCC1. The maximum atomic E-state index is 12.4. The minimum atomic E-state index is -3.63. The summed E-state index contributed by atoms with van der Waals surface area (Å²) in [6.07, 6.45) is 2.76. The maximum absolute atomic E-state index is 12.4. The first-order valence-corrected chi connectivity index (χ1v) is 8.85. The Bertz CT molecular complexity index is 585. The van der Waals surface area contributed by atoms with E-state index in [2.05, 4.69) is 20.7 Å². The van der Waals surface area contributed by atoms with Crippen LogP contribution in [0.4, 0.5) is 0 Å². The summed E-state index contributed by atoms with van der Waals surface area (Å²) >= 11 is 3.28. The van der Waals surface area contributed by atoms with E-state index in [1.807, 2.05) is 6.92 Å². The predicted molar refractivity (Wildman–Crippen MR) is 81.3 cm³/mol. The molecular formula is C13H19BrN2O3S. The molecule has 0 radical (unpaired) electrons. The van der Waals surface area contributed by atoms with Crippen LogP contribution in [0.5, 0.6) is 5.75 Å². The monoisotopic (exact) mass is 362 g/mol. The summed E-state index contributed by atoms with van der Waals surface area (Å²) in [5.74, 6) is 0.350. The van der Waals surface area contributed by atoms with Crippen LogP contribution in [0.25, 0.3) is 0 Å². The maximum Gasteiger partial charge on any atom is 0.244 e. The average Bonchev–Trinajstić information content (AvgIpc) is 2.36. The summed E-state index contributed by atoms with van der Waals surface area (Å²) in [5, 5.41) is 0. The number of sulfonamides is 1. The van der Waals surface area contributed by atoms with Crippen LogP contribution in [0.2, 0.25) is 0 Å². The van der Waals surface area contributed by atoms with Crippen molar-refractivity contribution in [2.45, 2.75) is 36.6 Å². The number of hydrogen-bond donors (Lipinski definition) is 2. The largest absolute Gasteiger partial charge is 0.492 e. The van der Waals surface area contributed by atoms with Gasteiger partial charge in [0.05, 0.1) is 6.61 Å². The van der Waals surface area contributed by atoms with Crippen LogP contribution in [0.1, 0.15) is 26.2 Å². The van der Waals surface area contributed by atoms with Gasteiger partial charge < -0.3 is 10.5 Å². The molecule has 1 saturated carbocycles. The molecule has 1 aromatic rings. The molecule has 5 nitrogen and oxygen atoms in total. The standard InChI is InChI=1S/C13H19BrN2O3S/c1-2-19-11-5-4-10(14)8-12(11)20(17,18)16-9-13(15)6-3-7-13/h4-5,8,16H,2-3,6-7,9,15H2,1H3. The molecule has 0 atom stereocenters. The second-order valence-corrected chi connectivity index (χ2v) is 7.72. The first-order valence-electron chi connectivity index (χ1n) is 6.57. The summed E-state index contributed by atoms with van der Waals surface area (Å²) in [5.41, 5.74) is 5.65. The Morgan fingerprint density at radius 1 is 1.45 bits per heavy atom. The Kier molecular flexibility index (Phi) is 4.73. The molecule has 0 saturated heterocycles. The Labute approximate surface area is 128 Å². The van der Waals surface area contributed by atoms with Crippen LogP contribution < -0.4 is 15.2 Å². The van der Waals surface area contributed by atoms with Gasteiger partial charge in [0.1, 0.15) is 10.6 Å². The van der Waals surface area contributed by atoms with Crippen molar-refractivity contribution < 1.29 is 13.2 Å².